The Morgan fingerprint density at radius 2 is 2.21 bits per heavy atom. The van der Waals surface area contributed by atoms with Gasteiger partial charge in [0.15, 0.2) is 0 Å². The van der Waals surface area contributed by atoms with Gasteiger partial charge in [-0.2, -0.15) is 4.98 Å². The van der Waals surface area contributed by atoms with Gasteiger partial charge < -0.3 is 9.47 Å². The van der Waals surface area contributed by atoms with E-state index >= 15 is 0 Å². The molecule has 0 N–H and O–H groups in total. The van der Waals surface area contributed by atoms with Crippen LogP contribution < -0.4 is 9.47 Å². The van der Waals surface area contributed by atoms with E-state index in [1.807, 2.05) is 18.3 Å². The normalized spacial score (nSPS) is 12.0. The maximum Gasteiger partial charge on any atom is 0.319 e. The van der Waals surface area contributed by atoms with Gasteiger partial charge in [-0.3, -0.25) is 9.88 Å². The van der Waals surface area contributed by atoms with Gasteiger partial charge in [-0.25, -0.2) is 4.98 Å². The predicted molar refractivity (Wildman–Crippen MR) is 93.0 cm³/mol. The highest BCUT2D eigenvalue weighted by Gasteiger charge is 2.15. The van der Waals surface area contributed by atoms with Crippen LogP contribution in [0.1, 0.15) is 18.4 Å². The molecule has 0 aliphatic rings. The van der Waals surface area contributed by atoms with Crippen LogP contribution in [-0.2, 0) is 6.54 Å². The van der Waals surface area contributed by atoms with Crippen molar-refractivity contribution >= 4 is 0 Å². The van der Waals surface area contributed by atoms with Crippen molar-refractivity contribution in [1.82, 2.24) is 19.9 Å². The van der Waals surface area contributed by atoms with Crippen LogP contribution >= 0.6 is 0 Å². The van der Waals surface area contributed by atoms with E-state index in [1.54, 1.807) is 25.6 Å². The van der Waals surface area contributed by atoms with Crippen LogP contribution in [0.25, 0.3) is 0 Å². The lowest BCUT2D eigenvalue weighted by Gasteiger charge is -2.24. The van der Waals surface area contributed by atoms with E-state index < -0.39 is 0 Å². The van der Waals surface area contributed by atoms with Gasteiger partial charge in [-0.15, -0.1) is 6.58 Å². The number of nitrogens with zero attached hydrogens (tertiary/aromatic N) is 4. The molecule has 0 bridgehead atoms. The summed E-state index contributed by atoms with van der Waals surface area (Å²) in [6, 6.07) is 6.03. The molecule has 6 nitrogen and oxygen atoms in total. The summed E-state index contributed by atoms with van der Waals surface area (Å²) in [5.74, 6) is 0.492. The zero-order valence-corrected chi connectivity index (χ0v) is 14.3. The Morgan fingerprint density at radius 1 is 1.33 bits per heavy atom. The molecule has 0 fully saturated rings. The van der Waals surface area contributed by atoms with Crippen molar-refractivity contribution in [1.29, 1.82) is 0 Å². The topological polar surface area (TPSA) is 60.4 Å². The lowest BCUT2D eigenvalue weighted by molar-refractivity contribution is 0.125. The third kappa shape index (κ3) is 5.96. The van der Waals surface area contributed by atoms with E-state index in [0.29, 0.717) is 11.9 Å². The van der Waals surface area contributed by atoms with Gasteiger partial charge in [0.05, 0.1) is 7.11 Å². The molecule has 2 aromatic heterocycles. The Balaban J connectivity index is 1.97. The SMILES string of the molecule is C=CCC[C@@H](CN(C)Cc1cccnc1)Oc1nccc(OC)n1. The molecule has 2 aromatic rings. The van der Waals surface area contributed by atoms with Crippen LogP contribution in [0.4, 0.5) is 0 Å². The quantitative estimate of drug-likeness (QED) is 0.625. The second kappa shape index (κ2) is 9.62. The molecule has 2 rings (SSSR count). The number of likely N-dealkylation sites (N-methyl/N-ethyl adjacent to an activating group) is 1. The summed E-state index contributed by atoms with van der Waals surface area (Å²) in [6.45, 7) is 5.34. The summed E-state index contributed by atoms with van der Waals surface area (Å²) in [5.41, 5.74) is 1.17. The molecule has 6 heteroatoms. The summed E-state index contributed by atoms with van der Waals surface area (Å²) in [5, 5.41) is 0. The van der Waals surface area contributed by atoms with E-state index in [4.69, 9.17) is 9.47 Å². The lowest BCUT2D eigenvalue weighted by Crippen LogP contribution is -2.33. The number of ether oxygens (including phenoxy) is 2. The van der Waals surface area contributed by atoms with Crippen LogP contribution in [0.3, 0.4) is 0 Å². The number of pyridine rings is 1. The molecule has 0 aliphatic carbocycles. The standard InChI is InChI=1S/C18H24N4O2/c1-4-5-8-16(24-18-20-11-9-17(21-18)23-3)14-22(2)13-15-7-6-10-19-12-15/h4,6-7,9-12,16H,1,5,8,13-14H2,2-3H3/t16-/m0/s1. The van der Waals surface area contributed by atoms with Gasteiger partial charge in [0.1, 0.15) is 6.10 Å². The molecule has 24 heavy (non-hydrogen) atoms. The molecular weight excluding hydrogens is 304 g/mol. The fraction of sp³-hybridized carbons (Fsp3) is 0.389. The summed E-state index contributed by atoms with van der Waals surface area (Å²) in [7, 11) is 3.63. The molecule has 0 saturated carbocycles. The van der Waals surface area contributed by atoms with E-state index in [-0.39, 0.29) is 6.10 Å². The third-order valence-electron chi connectivity index (χ3n) is 3.47. The van der Waals surface area contributed by atoms with Gasteiger partial charge in [0.25, 0.3) is 0 Å². The number of hydrogen-bond donors (Lipinski definition) is 0. The molecule has 0 unspecified atom stereocenters. The number of allylic oxidation sites excluding steroid dienone is 1. The van der Waals surface area contributed by atoms with Crippen LogP contribution in [-0.4, -0.2) is 46.7 Å². The van der Waals surface area contributed by atoms with Crippen molar-refractivity contribution < 1.29 is 9.47 Å². The van der Waals surface area contributed by atoms with Gasteiger partial charge in [-0.1, -0.05) is 12.1 Å². The van der Waals surface area contributed by atoms with E-state index in [9.17, 15) is 0 Å². The predicted octanol–water partition coefficient (Wildman–Crippen LogP) is 2.73. The molecule has 0 aliphatic heterocycles. The molecular formula is C18H24N4O2. The zero-order valence-electron chi connectivity index (χ0n) is 14.3. The van der Waals surface area contributed by atoms with Crippen molar-refractivity contribution in [3.8, 4) is 11.9 Å². The zero-order chi connectivity index (χ0) is 17.2. The molecule has 0 spiro atoms. The first-order valence-electron chi connectivity index (χ1n) is 7.93. The van der Waals surface area contributed by atoms with E-state index in [2.05, 4.69) is 39.5 Å². The number of hydrogen-bond acceptors (Lipinski definition) is 6. The highest BCUT2D eigenvalue weighted by Crippen LogP contribution is 2.14. The van der Waals surface area contributed by atoms with E-state index in [0.717, 1.165) is 25.9 Å². The monoisotopic (exact) mass is 328 g/mol. The fourth-order valence-corrected chi connectivity index (χ4v) is 2.35. The molecule has 128 valence electrons. The van der Waals surface area contributed by atoms with Crippen molar-refractivity contribution in [2.45, 2.75) is 25.5 Å². The van der Waals surface area contributed by atoms with Gasteiger partial charge in [0, 0.05) is 37.7 Å². The maximum atomic E-state index is 5.96. The average Bonchev–Trinajstić information content (AvgIpc) is 2.60. The molecule has 0 saturated heterocycles. The second-order valence-corrected chi connectivity index (χ2v) is 5.55. The van der Waals surface area contributed by atoms with Crippen LogP contribution in [0.2, 0.25) is 0 Å². The first-order chi connectivity index (χ1) is 11.7. The minimum atomic E-state index is -0.0308. The molecule has 0 amide bonds. The van der Waals surface area contributed by atoms with Crippen molar-refractivity contribution in [2.75, 3.05) is 20.7 Å². The Kier molecular flexibility index (Phi) is 7.17. The van der Waals surface area contributed by atoms with Gasteiger partial charge >= 0.3 is 6.01 Å². The molecule has 2 heterocycles. The number of methoxy groups -OCH3 is 1. The summed E-state index contributed by atoms with van der Waals surface area (Å²) >= 11 is 0. The van der Waals surface area contributed by atoms with Crippen LogP contribution in [0.5, 0.6) is 11.9 Å². The molecule has 0 aromatic carbocycles. The average molecular weight is 328 g/mol. The number of aromatic nitrogens is 3. The Hall–Kier alpha value is -2.47. The van der Waals surface area contributed by atoms with Crippen molar-refractivity contribution in [3.63, 3.8) is 0 Å². The smallest absolute Gasteiger partial charge is 0.319 e. The van der Waals surface area contributed by atoms with Crippen LogP contribution in [0, 0.1) is 0 Å². The van der Waals surface area contributed by atoms with Crippen molar-refractivity contribution in [3.05, 3.63) is 55.0 Å². The lowest BCUT2D eigenvalue weighted by atomic mass is 10.1. The Labute approximate surface area is 143 Å². The first kappa shape index (κ1) is 17.9. The van der Waals surface area contributed by atoms with Gasteiger partial charge in [-0.05, 0) is 31.5 Å². The highest BCUT2D eigenvalue weighted by molar-refractivity contribution is 5.11. The minimum Gasteiger partial charge on any atom is -0.481 e. The summed E-state index contributed by atoms with van der Waals surface area (Å²) in [6.07, 6.45) is 8.86. The summed E-state index contributed by atoms with van der Waals surface area (Å²) < 4.78 is 11.1. The van der Waals surface area contributed by atoms with Gasteiger partial charge in [0.2, 0.25) is 5.88 Å². The Bertz CT molecular complexity index is 621. The molecule has 1 atom stereocenters. The Morgan fingerprint density at radius 3 is 2.92 bits per heavy atom. The summed E-state index contributed by atoms with van der Waals surface area (Å²) in [4.78, 5) is 14.7. The fourth-order valence-electron chi connectivity index (χ4n) is 2.35. The highest BCUT2D eigenvalue weighted by atomic mass is 16.5. The van der Waals surface area contributed by atoms with Crippen molar-refractivity contribution in [2.24, 2.45) is 0 Å². The largest absolute Gasteiger partial charge is 0.481 e. The first-order valence-corrected chi connectivity index (χ1v) is 7.93. The number of rotatable bonds is 10. The third-order valence-corrected chi connectivity index (χ3v) is 3.47. The second-order valence-electron chi connectivity index (χ2n) is 5.55. The molecule has 0 radical (unpaired) electrons. The van der Waals surface area contributed by atoms with E-state index in [1.165, 1.54) is 5.56 Å². The maximum absolute atomic E-state index is 5.96. The van der Waals surface area contributed by atoms with Crippen LogP contribution in [0.15, 0.2) is 49.4 Å². The minimum absolute atomic E-state index is 0.0308.